The van der Waals surface area contributed by atoms with Gasteiger partial charge in [0.15, 0.2) is 0 Å². The fourth-order valence-electron chi connectivity index (χ4n) is 2.61. The highest BCUT2D eigenvalue weighted by atomic mass is 16.6. The summed E-state index contributed by atoms with van der Waals surface area (Å²) in [4.78, 5) is 11.2. The second-order valence-electron chi connectivity index (χ2n) is 4.60. The molecule has 3 nitrogen and oxygen atoms in total. The summed E-state index contributed by atoms with van der Waals surface area (Å²) in [5, 5.41) is 9.77. The normalized spacial score (nSPS) is 42.5. The van der Waals surface area contributed by atoms with E-state index in [0.717, 1.165) is 24.8 Å². The Morgan fingerprint density at radius 3 is 3.07 bits per heavy atom. The zero-order chi connectivity index (χ0) is 10.3. The molecular weight excluding hydrogens is 180 g/mol. The first kappa shape index (κ1) is 9.71. The molecule has 1 saturated carbocycles. The minimum atomic E-state index is -0.960. The Morgan fingerprint density at radius 2 is 2.36 bits per heavy atom. The second kappa shape index (κ2) is 3.09. The Hall–Kier alpha value is -0.830. The molecule has 1 heterocycles. The largest absolute Gasteiger partial charge is 0.432 e. The molecule has 0 bridgehead atoms. The highest BCUT2D eigenvalue weighted by Crippen LogP contribution is 2.48. The van der Waals surface area contributed by atoms with Gasteiger partial charge in [0.1, 0.15) is 0 Å². The zero-order valence-corrected chi connectivity index (χ0v) is 8.62. The smallest absolute Gasteiger partial charge is 0.333 e. The number of fused-ring (bicyclic) bond motifs is 1. The molecule has 1 aliphatic heterocycles. The number of ether oxygens (including phenoxy) is 1. The van der Waals surface area contributed by atoms with Crippen molar-refractivity contribution in [2.24, 2.45) is 11.3 Å². The Bertz CT molecular complexity index is 295. The van der Waals surface area contributed by atoms with Crippen molar-refractivity contribution in [3.05, 3.63) is 11.6 Å². The molecule has 0 aromatic heterocycles. The van der Waals surface area contributed by atoms with Crippen LogP contribution in [0, 0.1) is 11.3 Å². The van der Waals surface area contributed by atoms with Crippen LogP contribution in [0.15, 0.2) is 11.6 Å². The van der Waals surface area contributed by atoms with E-state index in [1.807, 2.05) is 6.92 Å². The molecule has 14 heavy (non-hydrogen) atoms. The van der Waals surface area contributed by atoms with Gasteiger partial charge in [-0.1, -0.05) is 13.3 Å². The fraction of sp³-hybridized carbons (Fsp3) is 0.727. The lowest BCUT2D eigenvalue weighted by atomic mass is 9.66. The molecule has 2 rings (SSSR count). The molecule has 0 saturated heterocycles. The van der Waals surface area contributed by atoms with Crippen LogP contribution in [-0.4, -0.2) is 17.4 Å². The lowest BCUT2D eigenvalue weighted by Crippen LogP contribution is -2.44. The van der Waals surface area contributed by atoms with Gasteiger partial charge in [-0.2, -0.15) is 0 Å². The van der Waals surface area contributed by atoms with Crippen LogP contribution in [0.5, 0.6) is 0 Å². The van der Waals surface area contributed by atoms with Crippen molar-refractivity contribution in [2.75, 3.05) is 0 Å². The fourth-order valence-corrected chi connectivity index (χ4v) is 2.61. The van der Waals surface area contributed by atoms with Crippen LogP contribution in [0.4, 0.5) is 0 Å². The van der Waals surface area contributed by atoms with Crippen molar-refractivity contribution in [3.8, 4) is 0 Å². The van der Waals surface area contributed by atoms with Crippen molar-refractivity contribution >= 4 is 5.97 Å². The first-order valence-corrected chi connectivity index (χ1v) is 5.15. The number of rotatable bonds is 0. The SMILES string of the molecule is C[C@H]1CCC[C@]2(C)C1=CC(=O)OC2O. The molecular formula is C11H16O3. The van der Waals surface area contributed by atoms with E-state index in [2.05, 4.69) is 6.92 Å². The molecule has 0 aromatic carbocycles. The van der Waals surface area contributed by atoms with Crippen molar-refractivity contribution in [1.82, 2.24) is 0 Å². The summed E-state index contributed by atoms with van der Waals surface area (Å²) in [7, 11) is 0. The molecule has 2 aliphatic rings. The molecule has 0 radical (unpaired) electrons. The van der Waals surface area contributed by atoms with E-state index in [0.29, 0.717) is 5.92 Å². The van der Waals surface area contributed by atoms with E-state index in [-0.39, 0.29) is 5.41 Å². The Balaban J connectivity index is 2.41. The monoisotopic (exact) mass is 196 g/mol. The third-order valence-electron chi connectivity index (χ3n) is 3.57. The predicted molar refractivity (Wildman–Crippen MR) is 51.3 cm³/mol. The quantitative estimate of drug-likeness (QED) is 0.599. The number of hydrogen-bond donors (Lipinski definition) is 1. The summed E-state index contributed by atoms with van der Waals surface area (Å²) < 4.78 is 4.85. The van der Waals surface area contributed by atoms with E-state index in [4.69, 9.17) is 4.74 Å². The molecule has 3 heteroatoms. The van der Waals surface area contributed by atoms with Gasteiger partial charge in [0.2, 0.25) is 6.29 Å². The van der Waals surface area contributed by atoms with Gasteiger partial charge in [0.05, 0.1) is 5.41 Å². The average Bonchev–Trinajstić information content (AvgIpc) is 2.10. The minimum absolute atomic E-state index is 0.342. The van der Waals surface area contributed by atoms with Crippen molar-refractivity contribution in [2.45, 2.75) is 39.4 Å². The summed E-state index contributed by atoms with van der Waals surface area (Å²) in [5.41, 5.74) is 0.721. The third kappa shape index (κ3) is 1.27. The number of aliphatic hydroxyl groups excluding tert-OH is 1. The Labute approximate surface area is 83.8 Å². The van der Waals surface area contributed by atoms with E-state index < -0.39 is 12.3 Å². The molecule has 0 aromatic rings. The first-order valence-electron chi connectivity index (χ1n) is 5.15. The highest BCUT2D eigenvalue weighted by Gasteiger charge is 2.46. The minimum Gasteiger partial charge on any atom is -0.432 e. The van der Waals surface area contributed by atoms with Gasteiger partial charge >= 0.3 is 5.97 Å². The summed E-state index contributed by atoms with van der Waals surface area (Å²) in [6.45, 7) is 4.08. The molecule has 0 amide bonds. The first-order chi connectivity index (χ1) is 6.54. The van der Waals surface area contributed by atoms with Crippen LogP contribution in [0.3, 0.4) is 0 Å². The van der Waals surface area contributed by atoms with Crippen molar-refractivity contribution in [3.63, 3.8) is 0 Å². The van der Waals surface area contributed by atoms with E-state index in [1.165, 1.54) is 0 Å². The lowest BCUT2D eigenvalue weighted by molar-refractivity contribution is -0.189. The maximum Gasteiger partial charge on any atom is 0.333 e. The van der Waals surface area contributed by atoms with Gasteiger partial charge in [0.25, 0.3) is 0 Å². The second-order valence-corrected chi connectivity index (χ2v) is 4.60. The van der Waals surface area contributed by atoms with E-state index >= 15 is 0 Å². The summed E-state index contributed by atoms with van der Waals surface area (Å²) in [5.74, 6) is -0.0185. The standard InChI is InChI=1S/C11H16O3/c1-7-4-3-5-11(2)8(7)6-9(12)14-10(11)13/h6-7,10,13H,3-5H2,1-2H3/t7-,10?,11+/m0/s1. The van der Waals surface area contributed by atoms with E-state index in [1.54, 1.807) is 6.08 Å². The van der Waals surface area contributed by atoms with E-state index in [9.17, 15) is 9.90 Å². The number of esters is 1. The van der Waals surface area contributed by atoms with Crippen LogP contribution < -0.4 is 0 Å². The lowest BCUT2D eigenvalue weighted by Gasteiger charge is -2.44. The Morgan fingerprint density at radius 1 is 1.64 bits per heavy atom. The maximum atomic E-state index is 11.2. The number of cyclic esters (lactones) is 1. The zero-order valence-electron chi connectivity index (χ0n) is 8.62. The summed E-state index contributed by atoms with van der Waals surface area (Å²) >= 11 is 0. The number of hydrogen-bond acceptors (Lipinski definition) is 3. The molecule has 1 fully saturated rings. The third-order valence-corrected chi connectivity index (χ3v) is 3.57. The van der Waals surface area contributed by atoms with Gasteiger partial charge in [-0.15, -0.1) is 0 Å². The Kier molecular flexibility index (Phi) is 2.14. The van der Waals surface area contributed by atoms with Gasteiger partial charge in [-0.25, -0.2) is 4.79 Å². The highest BCUT2D eigenvalue weighted by molar-refractivity contribution is 5.84. The number of aliphatic hydroxyl groups is 1. The molecule has 0 spiro atoms. The van der Waals surface area contributed by atoms with Crippen LogP contribution in [0.1, 0.15) is 33.1 Å². The molecule has 1 unspecified atom stereocenters. The average molecular weight is 196 g/mol. The van der Waals surface area contributed by atoms with Gasteiger partial charge < -0.3 is 9.84 Å². The predicted octanol–water partition coefficient (Wildman–Crippen LogP) is 1.61. The van der Waals surface area contributed by atoms with Gasteiger partial charge in [-0.3, -0.25) is 0 Å². The maximum absolute atomic E-state index is 11.2. The van der Waals surface area contributed by atoms with Crippen LogP contribution in [0.25, 0.3) is 0 Å². The summed E-state index contributed by atoms with van der Waals surface area (Å²) in [6, 6.07) is 0. The van der Waals surface area contributed by atoms with Gasteiger partial charge in [0, 0.05) is 6.08 Å². The van der Waals surface area contributed by atoms with Crippen molar-refractivity contribution < 1.29 is 14.6 Å². The summed E-state index contributed by atoms with van der Waals surface area (Å²) in [6.07, 6.45) is 3.69. The molecule has 3 atom stereocenters. The number of carbonyl (C=O) groups excluding carboxylic acids is 1. The van der Waals surface area contributed by atoms with Crippen molar-refractivity contribution in [1.29, 1.82) is 0 Å². The van der Waals surface area contributed by atoms with Gasteiger partial charge in [-0.05, 0) is 31.3 Å². The molecule has 1 N–H and O–H groups in total. The molecule has 1 aliphatic carbocycles. The van der Waals surface area contributed by atoms with Crippen LogP contribution >= 0.6 is 0 Å². The van der Waals surface area contributed by atoms with Crippen LogP contribution in [-0.2, 0) is 9.53 Å². The topological polar surface area (TPSA) is 46.5 Å². The van der Waals surface area contributed by atoms with Crippen LogP contribution in [0.2, 0.25) is 0 Å². The number of carbonyl (C=O) groups is 1. The molecule has 78 valence electrons.